The molecule has 0 N–H and O–H groups in total. The molecule has 0 heterocycles. The second-order valence-corrected chi connectivity index (χ2v) is 14.5. The van der Waals surface area contributed by atoms with Crippen LogP contribution in [0.4, 0.5) is 0 Å². The van der Waals surface area contributed by atoms with E-state index in [1.807, 2.05) is 0 Å². The van der Waals surface area contributed by atoms with E-state index in [2.05, 4.69) is 94.5 Å². The molecule has 0 radical (unpaired) electrons. The fraction of sp³-hybridized carbons (Fsp3) is 0.296. The van der Waals surface area contributed by atoms with Crippen LogP contribution in [0.1, 0.15) is 58.1 Å². The monoisotopic (exact) mass is 514 g/mol. The zero-order valence-corrected chi connectivity index (χ0v) is 22.3. The van der Waals surface area contributed by atoms with Gasteiger partial charge in [0.25, 0.3) is 0 Å². The largest absolute Gasteiger partial charge is 1.00 e. The molecule has 2 aliphatic carbocycles. The molecule has 0 bridgehead atoms. The first kappa shape index (κ1) is 25.3. The second kappa shape index (κ2) is 10.1. The van der Waals surface area contributed by atoms with E-state index in [1.54, 1.807) is 5.57 Å². The molecule has 0 saturated carbocycles. The third-order valence-electron chi connectivity index (χ3n) is 6.60. The van der Waals surface area contributed by atoms with E-state index < -0.39 is 21.3 Å². The maximum Gasteiger partial charge on any atom is -1.00 e. The zero-order chi connectivity index (χ0) is 19.9. The van der Waals surface area contributed by atoms with Crippen molar-refractivity contribution in [3.63, 3.8) is 0 Å². The Bertz CT molecular complexity index is 1020. The summed E-state index contributed by atoms with van der Waals surface area (Å²) < 4.78 is 5.79. The minimum Gasteiger partial charge on any atom is -1.00 e. The molecule has 0 saturated heterocycles. The van der Waals surface area contributed by atoms with E-state index in [-0.39, 0.29) is 27.9 Å². The quantitative estimate of drug-likeness (QED) is 0.564. The van der Waals surface area contributed by atoms with E-state index in [0.717, 1.165) is 6.42 Å². The topological polar surface area (TPSA) is 0 Å². The Morgan fingerprint density at radius 2 is 1.67 bits per heavy atom. The van der Waals surface area contributed by atoms with Gasteiger partial charge in [-0.2, -0.15) is 0 Å². The van der Waals surface area contributed by atoms with E-state index in [4.69, 9.17) is 4.21 Å². The van der Waals surface area contributed by atoms with Gasteiger partial charge in [0.1, 0.15) is 0 Å². The Labute approximate surface area is 202 Å². The summed E-state index contributed by atoms with van der Waals surface area (Å²) in [6.07, 6.45) is 12.0. The van der Waals surface area contributed by atoms with Crippen LogP contribution >= 0.6 is 0 Å². The Morgan fingerprint density at radius 1 is 1.00 bits per heavy atom. The first-order chi connectivity index (χ1) is 13.5. The number of halogens is 2. The second-order valence-electron chi connectivity index (χ2n) is 8.29. The van der Waals surface area contributed by atoms with Crippen LogP contribution in [0, 0.1) is 13.8 Å². The summed E-state index contributed by atoms with van der Waals surface area (Å²) in [5, 5.41) is 0. The molecule has 30 heavy (non-hydrogen) atoms. The standard InChI is InChI=1S/C17H15.C9H13.CH2.2ClH.Zr/c1-12-7-13(2)9-16(8-12)17-10-14-5-3-4-6-15(14)11-17;1-3-8-6-5-7-9(8)4-2;;;;/h3-11H,1-2H3;5-7H,3-4H2,1-2H3;1H2;2*1H;/q;;;;;+2/p-2. The number of aryl methyl sites for hydroxylation is 2. The van der Waals surface area contributed by atoms with E-state index >= 15 is 0 Å². The van der Waals surface area contributed by atoms with E-state index in [9.17, 15) is 0 Å². The molecule has 0 fully saturated rings. The molecule has 4 rings (SSSR count). The molecule has 0 amide bonds. The van der Waals surface area contributed by atoms with E-state index in [0.29, 0.717) is 3.63 Å². The predicted molar refractivity (Wildman–Crippen MR) is 121 cm³/mol. The molecule has 2 unspecified atom stereocenters. The number of benzene rings is 2. The van der Waals surface area contributed by atoms with Crippen molar-refractivity contribution in [2.75, 3.05) is 0 Å². The molecule has 0 spiro atoms. The maximum absolute atomic E-state index is 5.03. The van der Waals surface area contributed by atoms with Crippen molar-refractivity contribution in [2.24, 2.45) is 0 Å². The summed E-state index contributed by atoms with van der Waals surface area (Å²) in [5.41, 5.74) is 10.1. The molecular formula is C27H30Cl2Zr. The summed E-state index contributed by atoms with van der Waals surface area (Å²) in [5.74, 6) is 0. The smallest absolute Gasteiger partial charge is 1.00 e. The van der Waals surface area contributed by atoms with Crippen LogP contribution < -0.4 is 24.8 Å². The van der Waals surface area contributed by atoms with Crippen LogP contribution in [0.25, 0.3) is 11.6 Å². The molecule has 2 aromatic rings. The van der Waals surface area contributed by atoms with Gasteiger partial charge in [-0.25, -0.2) is 0 Å². The molecule has 2 aliphatic rings. The maximum atomic E-state index is 5.03. The number of hydrogen-bond donors (Lipinski definition) is 0. The average molecular weight is 517 g/mol. The minimum atomic E-state index is -2.22. The third-order valence-corrected chi connectivity index (χ3v) is 14.7. The van der Waals surface area contributed by atoms with Gasteiger partial charge in [-0.1, -0.05) is 0 Å². The predicted octanol–water partition coefficient (Wildman–Crippen LogP) is 1.43. The normalized spacial score (nSPS) is 21.0. The Morgan fingerprint density at radius 3 is 2.30 bits per heavy atom. The van der Waals surface area contributed by atoms with Crippen molar-refractivity contribution >= 4 is 15.9 Å². The van der Waals surface area contributed by atoms with Gasteiger partial charge in [0.2, 0.25) is 0 Å². The molecule has 2 atom stereocenters. The van der Waals surface area contributed by atoms with Crippen molar-refractivity contribution in [1.29, 1.82) is 0 Å². The number of allylic oxidation sites excluding steroid dienone is 5. The molecular weight excluding hydrogens is 486 g/mol. The molecule has 0 nitrogen and oxygen atoms in total. The van der Waals surface area contributed by atoms with Crippen LogP contribution in [0.3, 0.4) is 0 Å². The van der Waals surface area contributed by atoms with Gasteiger partial charge in [-0.15, -0.1) is 0 Å². The minimum absolute atomic E-state index is 0. The number of rotatable bonds is 5. The summed E-state index contributed by atoms with van der Waals surface area (Å²) in [6, 6.07) is 16.0. The first-order valence-electron chi connectivity index (χ1n) is 10.5. The molecule has 156 valence electrons. The van der Waals surface area contributed by atoms with Gasteiger partial charge < -0.3 is 24.8 Å². The van der Waals surface area contributed by atoms with E-state index in [1.165, 1.54) is 39.8 Å². The van der Waals surface area contributed by atoms with Gasteiger partial charge in [-0.05, 0) is 0 Å². The molecule has 3 heteroatoms. The van der Waals surface area contributed by atoms with Gasteiger partial charge in [-0.3, -0.25) is 0 Å². The van der Waals surface area contributed by atoms with Crippen LogP contribution in [0.15, 0.2) is 66.3 Å². The van der Waals surface area contributed by atoms with Crippen LogP contribution in [-0.4, -0.2) is 4.21 Å². The Kier molecular flexibility index (Phi) is 8.48. The average Bonchev–Trinajstić information content (AvgIpc) is 3.28. The molecule has 0 aromatic heterocycles. The Hall–Kier alpha value is -1.01. The summed E-state index contributed by atoms with van der Waals surface area (Å²) >= 11 is -2.22. The van der Waals surface area contributed by atoms with Crippen molar-refractivity contribution in [3.05, 3.63) is 94.1 Å². The van der Waals surface area contributed by atoms with Crippen LogP contribution in [0.5, 0.6) is 0 Å². The first-order valence-corrected chi connectivity index (χ1v) is 14.9. The number of fused-ring (bicyclic) bond motifs is 1. The fourth-order valence-corrected chi connectivity index (χ4v) is 13.2. The summed E-state index contributed by atoms with van der Waals surface area (Å²) in [6.45, 7) is 9.10. The SMILES string of the molecule is [CH2]=[Zr+2]([CH]1C(c2cc(C)cc(C)c2)=Cc2ccccc21)[C]1(CC)C=CC=C1CC.[Cl-].[Cl-]. The Balaban J connectivity index is 0.00000160. The van der Waals surface area contributed by atoms with Crippen molar-refractivity contribution in [3.8, 4) is 0 Å². The third kappa shape index (κ3) is 4.19. The van der Waals surface area contributed by atoms with Crippen molar-refractivity contribution < 1.29 is 46.1 Å². The number of hydrogen-bond acceptors (Lipinski definition) is 0. The molecule has 2 aromatic carbocycles. The van der Waals surface area contributed by atoms with Gasteiger partial charge in [0, 0.05) is 0 Å². The zero-order valence-electron chi connectivity index (χ0n) is 18.3. The van der Waals surface area contributed by atoms with Crippen molar-refractivity contribution in [2.45, 2.75) is 47.3 Å². The molecule has 0 aliphatic heterocycles. The fourth-order valence-electron chi connectivity index (χ4n) is 5.25. The van der Waals surface area contributed by atoms with Gasteiger partial charge in [0.15, 0.2) is 0 Å². The van der Waals surface area contributed by atoms with Crippen molar-refractivity contribution in [1.82, 2.24) is 0 Å². The summed E-state index contributed by atoms with van der Waals surface area (Å²) in [7, 11) is 0. The summed E-state index contributed by atoms with van der Waals surface area (Å²) in [4.78, 5) is 0. The van der Waals surface area contributed by atoms with Crippen LogP contribution in [-0.2, 0) is 21.3 Å². The van der Waals surface area contributed by atoms with Crippen LogP contribution in [0.2, 0.25) is 3.12 Å². The van der Waals surface area contributed by atoms with Gasteiger partial charge in [0.05, 0.1) is 0 Å². The van der Waals surface area contributed by atoms with Gasteiger partial charge >= 0.3 is 178 Å².